The van der Waals surface area contributed by atoms with Crippen LogP contribution in [0.5, 0.6) is 0 Å². The quantitative estimate of drug-likeness (QED) is 0.903. The number of aromatic amines is 1. The molecule has 1 saturated carbocycles. The van der Waals surface area contributed by atoms with E-state index in [1.807, 2.05) is 0 Å². The van der Waals surface area contributed by atoms with Crippen molar-refractivity contribution in [1.29, 1.82) is 0 Å². The Morgan fingerprint density at radius 3 is 2.72 bits per heavy atom. The molecule has 0 aromatic carbocycles. The van der Waals surface area contributed by atoms with E-state index >= 15 is 0 Å². The van der Waals surface area contributed by atoms with Gasteiger partial charge in [-0.3, -0.25) is 9.78 Å². The fourth-order valence-electron chi connectivity index (χ4n) is 4.62. The molecule has 3 heterocycles. The molecular formula is C19H30N4O2. The molecule has 3 aliphatic rings. The topological polar surface area (TPSA) is 61.5 Å². The maximum Gasteiger partial charge on any atom is 0.252 e. The Kier molecular flexibility index (Phi) is 5.36. The Morgan fingerprint density at radius 2 is 1.92 bits per heavy atom. The second kappa shape index (κ2) is 7.87. The first-order chi connectivity index (χ1) is 12.3. The summed E-state index contributed by atoms with van der Waals surface area (Å²) >= 11 is 0. The monoisotopic (exact) mass is 346 g/mol. The average Bonchev–Trinajstić information content (AvgIpc) is 3.15. The zero-order valence-corrected chi connectivity index (χ0v) is 15.1. The van der Waals surface area contributed by atoms with Gasteiger partial charge < -0.3 is 14.5 Å². The number of piperidine rings is 1. The van der Waals surface area contributed by atoms with Crippen molar-refractivity contribution < 1.29 is 4.74 Å². The molecule has 2 saturated heterocycles. The first-order valence-electron chi connectivity index (χ1n) is 9.94. The number of likely N-dealkylation sites (tertiary alicyclic amines) is 1. The van der Waals surface area contributed by atoms with Gasteiger partial charge in [-0.2, -0.15) is 0 Å². The number of H-pyrrole nitrogens is 1. The Labute approximate surface area is 149 Å². The first-order valence-corrected chi connectivity index (χ1v) is 9.94. The van der Waals surface area contributed by atoms with Crippen molar-refractivity contribution in [3.05, 3.63) is 22.1 Å². The number of ether oxygens (including phenoxy) is 1. The van der Waals surface area contributed by atoms with Gasteiger partial charge in [-0.15, -0.1) is 0 Å². The zero-order chi connectivity index (χ0) is 17.1. The molecule has 6 heteroatoms. The van der Waals surface area contributed by atoms with E-state index in [0.717, 1.165) is 43.6 Å². The van der Waals surface area contributed by atoms with Gasteiger partial charge in [-0.1, -0.05) is 12.8 Å². The highest BCUT2D eigenvalue weighted by atomic mass is 16.5. The molecule has 1 atom stereocenters. The van der Waals surface area contributed by atoms with Crippen molar-refractivity contribution in [1.82, 2.24) is 14.9 Å². The van der Waals surface area contributed by atoms with Gasteiger partial charge in [0.2, 0.25) is 5.95 Å². The van der Waals surface area contributed by atoms with E-state index < -0.39 is 0 Å². The highest BCUT2D eigenvalue weighted by Gasteiger charge is 2.26. The van der Waals surface area contributed by atoms with Crippen molar-refractivity contribution >= 4 is 5.95 Å². The molecule has 25 heavy (non-hydrogen) atoms. The van der Waals surface area contributed by atoms with Gasteiger partial charge in [0, 0.05) is 38.2 Å². The molecule has 0 radical (unpaired) electrons. The van der Waals surface area contributed by atoms with E-state index in [-0.39, 0.29) is 5.56 Å². The molecule has 0 bridgehead atoms. The lowest BCUT2D eigenvalue weighted by molar-refractivity contribution is 0.122. The van der Waals surface area contributed by atoms with Gasteiger partial charge in [-0.05, 0) is 38.1 Å². The Hall–Kier alpha value is -1.40. The summed E-state index contributed by atoms with van der Waals surface area (Å²) in [6, 6.07) is 1.72. The Bertz CT molecular complexity index is 620. The van der Waals surface area contributed by atoms with Gasteiger partial charge >= 0.3 is 0 Å². The third-order valence-corrected chi connectivity index (χ3v) is 5.97. The van der Waals surface area contributed by atoms with Crippen molar-refractivity contribution in [2.75, 3.05) is 50.8 Å². The highest BCUT2D eigenvalue weighted by Crippen LogP contribution is 2.30. The molecule has 4 rings (SSSR count). The lowest BCUT2D eigenvalue weighted by Gasteiger charge is -2.34. The number of aromatic nitrogens is 2. The van der Waals surface area contributed by atoms with Crippen molar-refractivity contribution in [2.24, 2.45) is 5.92 Å². The molecule has 1 aromatic heterocycles. The Balaban J connectivity index is 1.46. The van der Waals surface area contributed by atoms with E-state index in [1.165, 1.54) is 45.2 Å². The van der Waals surface area contributed by atoms with Crippen LogP contribution in [0.25, 0.3) is 0 Å². The third kappa shape index (κ3) is 4.23. The van der Waals surface area contributed by atoms with E-state index in [4.69, 9.17) is 9.72 Å². The second-order valence-electron chi connectivity index (χ2n) is 7.84. The number of rotatable bonds is 4. The lowest BCUT2D eigenvalue weighted by Crippen LogP contribution is -2.40. The van der Waals surface area contributed by atoms with Crippen LogP contribution in [0.2, 0.25) is 0 Å². The highest BCUT2D eigenvalue weighted by molar-refractivity contribution is 5.31. The van der Waals surface area contributed by atoms with Crippen LogP contribution in [0.4, 0.5) is 5.95 Å². The van der Waals surface area contributed by atoms with E-state index in [0.29, 0.717) is 19.1 Å². The molecule has 0 spiro atoms. The summed E-state index contributed by atoms with van der Waals surface area (Å²) in [5.41, 5.74) is 0.945. The lowest BCUT2D eigenvalue weighted by atomic mass is 9.93. The van der Waals surface area contributed by atoms with Crippen LogP contribution in [0, 0.1) is 5.92 Å². The van der Waals surface area contributed by atoms with Crippen LogP contribution in [0.15, 0.2) is 10.9 Å². The minimum Gasteiger partial charge on any atom is -0.378 e. The largest absolute Gasteiger partial charge is 0.378 e. The van der Waals surface area contributed by atoms with Gasteiger partial charge in [0.1, 0.15) is 0 Å². The summed E-state index contributed by atoms with van der Waals surface area (Å²) in [6.07, 6.45) is 7.94. The predicted octanol–water partition coefficient (Wildman–Crippen LogP) is 1.98. The van der Waals surface area contributed by atoms with E-state index in [9.17, 15) is 4.79 Å². The number of hydrogen-bond donors (Lipinski definition) is 1. The number of nitrogens with one attached hydrogen (secondary N) is 1. The summed E-state index contributed by atoms with van der Waals surface area (Å²) in [6.45, 7) is 6.48. The van der Waals surface area contributed by atoms with E-state index in [1.54, 1.807) is 6.07 Å². The molecule has 138 valence electrons. The van der Waals surface area contributed by atoms with Gasteiger partial charge in [0.05, 0.1) is 18.9 Å². The minimum atomic E-state index is -0.0283. The fourth-order valence-corrected chi connectivity index (χ4v) is 4.62. The van der Waals surface area contributed by atoms with Gasteiger partial charge in [0.25, 0.3) is 5.56 Å². The molecule has 6 nitrogen and oxygen atoms in total. The van der Waals surface area contributed by atoms with Gasteiger partial charge in [0.15, 0.2) is 0 Å². The summed E-state index contributed by atoms with van der Waals surface area (Å²) in [7, 11) is 0. The van der Waals surface area contributed by atoms with E-state index in [2.05, 4.69) is 14.8 Å². The predicted molar refractivity (Wildman–Crippen MR) is 98.3 cm³/mol. The van der Waals surface area contributed by atoms with Crippen molar-refractivity contribution in [2.45, 2.75) is 44.4 Å². The Morgan fingerprint density at radius 1 is 1.12 bits per heavy atom. The van der Waals surface area contributed by atoms with Crippen LogP contribution < -0.4 is 10.5 Å². The normalized spacial score (nSPS) is 26.2. The second-order valence-corrected chi connectivity index (χ2v) is 7.84. The number of anilines is 1. The summed E-state index contributed by atoms with van der Waals surface area (Å²) < 4.78 is 5.41. The molecule has 2 aliphatic heterocycles. The SMILES string of the molecule is O=c1cc([C@H]2CCCN(CC3CCCC3)C2)nc(N2CCOCC2)[nH]1. The molecule has 1 aliphatic carbocycles. The molecule has 1 N–H and O–H groups in total. The van der Waals surface area contributed by atoms with Crippen LogP contribution in [0.3, 0.4) is 0 Å². The zero-order valence-electron chi connectivity index (χ0n) is 15.1. The average molecular weight is 346 g/mol. The number of hydrogen-bond acceptors (Lipinski definition) is 5. The van der Waals surface area contributed by atoms with Crippen LogP contribution >= 0.6 is 0 Å². The number of morpholine rings is 1. The molecular weight excluding hydrogens is 316 g/mol. The van der Waals surface area contributed by atoms with Crippen molar-refractivity contribution in [3.63, 3.8) is 0 Å². The van der Waals surface area contributed by atoms with Crippen molar-refractivity contribution in [3.8, 4) is 0 Å². The van der Waals surface area contributed by atoms with Crippen LogP contribution in [-0.2, 0) is 4.74 Å². The smallest absolute Gasteiger partial charge is 0.252 e. The van der Waals surface area contributed by atoms with Crippen LogP contribution in [-0.4, -0.2) is 60.8 Å². The number of nitrogens with zero attached hydrogens (tertiary/aromatic N) is 3. The fraction of sp³-hybridized carbons (Fsp3) is 0.789. The summed E-state index contributed by atoms with van der Waals surface area (Å²) in [5, 5.41) is 0. The minimum absolute atomic E-state index is 0.0283. The first kappa shape index (κ1) is 17.0. The maximum absolute atomic E-state index is 12.2. The third-order valence-electron chi connectivity index (χ3n) is 5.97. The molecule has 1 aromatic rings. The summed E-state index contributed by atoms with van der Waals surface area (Å²) in [4.78, 5) is 24.7. The standard InChI is InChI=1S/C19H30N4O2/c24-18-12-17(20-19(21-18)23-8-10-25-11-9-23)16-6-3-7-22(14-16)13-15-4-1-2-5-15/h12,15-16H,1-11,13-14H2,(H,20,21,24)/t16-/m0/s1. The molecule has 3 fully saturated rings. The molecule has 0 amide bonds. The molecule has 0 unspecified atom stereocenters. The van der Waals surface area contributed by atoms with Gasteiger partial charge in [-0.25, -0.2) is 4.98 Å². The summed E-state index contributed by atoms with van der Waals surface area (Å²) in [5.74, 6) is 1.99. The maximum atomic E-state index is 12.2. The van der Waals surface area contributed by atoms with Crippen LogP contribution in [0.1, 0.15) is 50.1 Å².